The third-order valence-corrected chi connectivity index (χ3v) is 8.96. The third kappa shape index (κ3) is 3.38. The van der Waals surface area contributed by atoms with Crippen LogP contribution in [-0.4, -0.2) is 25.8 Å². The molecule has 0 spiro atoms. The molecule has 2 aromatic rings. The number of hydrogen-bond donors (Lipinski definition) is 1. The maximum Gasteiger partial charge on any atom is 0.243 e. The van der Waals surface area contributed by atoms with Gasteiger partial charge in [-0.3, -0.25) is 0 Å². The van der Waals surface area contributed by atoms with E-state index in [9.17, 15) is 8.42 Å². The Hall–Kier alpha value is -2.11. The Morgan fingerprint density at radius 3 is 2.50 bits per heavy atom. The van der Waals surface area contributed by atoms with Gasteiger partial charge in [-0.25, -0.2) is 8.42 Å². The van der Waals surface area contributed by atoms with Gasteiger partial charge in [0.25, 0.3) is 0 Å². The average molecular weight is 423 g/mol. The van der Waals surface area contributed by atoms with Gasteiger partial charge in [-0.1, -0.05) is 49.3 Å². The molecule has 2 aromatic carbocycles. The highest BCUT2D eigenvalue weighted by Gasteiger charge is 2.39. The molecule has 30 heavy (non-hydrogen) atoms. The highest BCUT2D eigenvalue weighted by atomic mass is 32.2. The normalized spacial score (nSPS) is 26.5. The van der Waals surface area contributed by atoms with Gasteiger partial charge in [0.05, 0.1) is 10.9 Å². The minimum atomic E-state index is -3.44. The lowest BCUT2D eigenvalue weighted by Crippen LogP contribution is -2.33. The van der Waals surface area contributed by atoms with Crippen molar-refractivity contribution >= 4 is 15.7 Å². The second-order valence-corrected chi connectivity index (χ2v) is 10.8. The molecular weight excluding hydrogens is 392 g/mol. The Labute approximate surface area is 180 Å². The number of fused-ring (bicyclic) bond motifs is 3. The Morgan fingerprint density at radius 2 is 1.73 bits per heavy atom. The van der Waals surface area contributed by atoms with Crippen molar-refractivity contribution in [3.05, 3.63) is 71.3 Å². The second-order valence-electron chi connectivity index (χ2n) is 8.90. The number of nitrogens with zero attached hydrogens (tertiary/aromatic N) is 1. The van der Waals surface area contributed by atoms with Gasteiger partial charge in [0.2, 0.25) is 10.0 Å². The smallest absolute Gasteiger partial charge is 0.243 e. The summed E-state index contributed by atoms with van der Waals surface area (Å²) in [7, 11) is -3.44. The monoisotopic (exact) mass is 422 g/mol. The molecule has 1 N–H and O–H groups in total. The Bertz CT molecular complexity index is 1070. The van der Waals surface area contributed by atoms with Crippen LogP contribution in [0.25, 0.3) is 0 Å². The summed E-state index contributed by atoms with van der Waals surface area (Å²) < 4.78 is 28.4. The molecule has 0 saturated carbocycles. The minimum Gasteiger partial charge on any atom is -0.378 e. The van der Waals surface area contributed by atoms with E-state index in [4.69, 9.17) is 0 Å². The third-order valence-electron chi connectivity index (χ3n) is 7.06. The molecule has 0 radical (unpaired) electrons. The van der Waals surface area contributed by atoms with E-state index in [1.807, 2.05) is 12.1 Å². The number of anilines is 1. The zero-order valence-corrected chi connectivity index (χ0v) is 18.4. The first-order chi connectivity index (χ1) is 14.6. The van der Waals surface area contributed by atoms with E-state index in [0.717, 1.165) is 43.4 Å². The fourth-order valence-electron chi connectivity index (χ4n) is 5.41. The molecule has 5 rings (SSSR count). The van der Waals surface area contributed by atoms with E-state index in [2.05, 4.69) is 48.7 Å². The van der Waals surface area contributed by atoms with Gasteiger partial charge in [-0.2, -0.15) is 4.31 Å². The number of allylic oxidation sites excluding steroid dienone is 2. The van der Waals surface area contributed by atoms with Crippen molar-refractivity contribution in [3.8, 4) is 0 Å². The van der Waals surface area contributed by atoms with E-state index in [-0.39, 0.29) is 12.0 Å². The maximum absolute atomic E-state index is 13.3. The van der Waals surface area contributed by atoms with Crippen LogP contribution in [0.3, 0.4) is 0 Å². The van der Waals surface area contributed by atoms with Crippen molar-refractivity contribution < 1.29 is 8.42 Å². The number of rotatable bonds is 3. The molecule has 1 aliphatic carbocycles. The number of benzene rings is 2. The number of aryl methyl sites for hydroxylation is 1. The van der Waals surface area contributed by atoms with Crippen LogP contribution in [0, 0.1) is 12.8 Å². The van der Waals surface area contributed by atoms with Crippen LogP contribution < -0.4 is 5.32 Å². The van der Waals surface area contributed by atoms with Crippen molar-refractivity contribution in [2.24, 2.45) is 5.92 Å². The van der Waals surface area contributed by atoms with Crippen molar-refractivity contribution in [2.75, 3.05) is 18.4 Å². The zero-order chi connectivity index (χ0) is 20.7. The molecule has 0 aromatic heterocycles. The molecule has 3 atom stereocenters. The van der Waals surface area contributed by atoms with Gasteiger partial charge in [-0.05, 0) is 67.0 Å². The van der Waals surface area contributed by atoms with Gasteiger partial charge < -0.3 is 5.32 Å². The number of sulfonamides is 1. The van der Waals surface area contributed by atoms with Gasteiger partial charge in [-0.15, -0.1) is 0 Å². The van der Waals surface area contributed by atoms with Crippen molar-refractivity contribution in [3.63, 3.8) is 0 Å². The standard InChI is InChI=1S/C25H30N2O2S/c1-18-9-4-5-10-20(18)25-22-12-8-11-21(22)23-17-19(13-14-24(23)26-25)30(28,29)27-15-6-2-3-7-16-27/h4-5,8-11,13-14,17,21-22,25-26H,2-3,6-7,12,15-16H2,1H3. The SMILES string of the molecule is Cc1ccccc1C1Nc2ccc(S(=O)(=O)N3CCCCCC3)cc2C2C=CCC21. The quantitative estimate of drug-likeness (QED) is 0.675. The number of hydrogen-bond acceptors (Lipinski definition) is 3. The maximum atomic E-state index is 13.3. The molecule has 4 nitrogen and oxygen atoms in total. The summed E-state index contributed by atoms with van der Waals surface area (Å²) in [6.45, 7) is 3.44. The molecular formula is C25H30N2O2S. The first-order valence-electron chi connectivity index (χ1n) is 11.2. The lowest BCUT2D eigenvalue weighted by Gasteiger charge is -2.38. The Balaban J connectivity index is 1.51. The van der Waals surface area contributed by atoms with Crippen LogP contribution >= 0.6 is 0 Å². The largest absolute Gasteiger partial charge is 0.378 e. The van der Waals surface area contributed by atoms with E-state index >= 15 is 0 Å². The molecule has 2 aliphatic heterocycles. The molecule has 3 aliphatic rings. The van der Waals surface area contributed by atoms with E-state index in [1.54, 1.807) is 10.4 Å². The Morgan fingerprint density at radius 1 is 0.967 bits per heavy atom. The lowest BCUT2D eigenvalue weighted by atomic mass is 9.76. The van der Waals surface area contributed by atoms with Crippen molar-refractivity contribution in [2.45, 2.75) is 55.9 Å². The van der Waals surface area contributed by atoms with Crippen LogP contribution in [0.2, 0.25) is 0 Å². The van der Waals surface area contributed by atoms with Gasteiger partial charge >= 0.3 is 0 Å². The molecule has 0 amide bonds. The topological polar surface area (TPSA) is 49.4 Å². The summed E-state index contributed by atoms with van der Waals surface area (Å²) >= 11 is 0. The summed E-state index contributed by atoms with van der Waals surface area (Å²) in [5.41, 5.74) is 4.81. The molecule has 5 heteroatoms. The number of nitrogens with one attached hydrogen (secondary N) is 1. The van der Waals surface area contributed by atoms with Crippen molar-refractivity contribution in [1.29, 1.82) is 0 Å². The molecule has 0 bridgehead atoms. The highest BCUT2D eigenvalue weighted by molar-refractivity contribution is 7.89. The summed E-state index contributed by atoms with van der Waals surface area (Å²) in [6, 6.07) is 14.5. The highest BCUT2D eigenvalue weighted by Crippen LogP contribution is 2.50. The predicted molar refractivity (Wildman–Crippen MR) is 121 cm³/mol. The minimum absolute atomic E-state index is 0.242. The fourth-order valence-corrected chi connectivity index (χ4v) is 6.96. The van der Waals surface area contributed by atoms with Crippen LogP contribution in [0.1, 0.15) is 60.8 Å². The van der Waals surface area contributed by atoms with Crippen LogP contribution in [0.4, 0.5) is 5.69 Å². The summed E-state index contributed by atoms with van der Waals surface area (Å²) in [5.74, 6) is 0.667. The summed E-state index contributed by atoms with van der Waals surface area (Å²) in [4.78, 5) is 0.443. The Kier molecular flexibility index (Phi) is 5.19. The average Bonchev–Trinajstić information content (AvgIpc) is 3.08. The van der Waals surface area contributed by atoms with E-state index in [1.165, 1.54) is 11.1 Å². The molecule has 2 heterocycles. The van der Waals surface area contributed by atoms with E-state index in [0.29, 0.717) is 23.9 Å². The predicted octanol–water partition coefficient (Wildman–Crippen LogP) is 5.39. The summed E-state index contributed by atoms with van der Waals surface area (Å²) in [6.07, 6.45) is 9.70. The van der Waals surface area contributed by atoms with Gasteiger partial charge in [0, 0.05) is 24.7 Å². The first-order valence-corrected chi connectivity index (χ1v) is 12.6. The van der Waals surface area contributed by atoms with Gasteiger partial charge in [0.1, 0.15) is 0 Å². The van der Waals surface area contributed by atoms with Gasteiger partial charge in [0.15, 0.2) is 0 Å². The van der Waals surface area contributed by atoms with Crippen LogP contribution in [0.15, 0.2) is 59.5 Å². The molecule has 1 saturated heterocycles. The molecule has 3 unspecified atom stereocenters. The lowest BCUT2D eigenvalue weighted by molar-refractivity contribution is 0.419. The fraction of sp³-hybridized carbons (Fsp3) is 0.440. The van der Waals surface area contributed by atoms with Crippen LogP contribution in [-0.2, 0) is 10.0 Å². The summed E-state index contributed by atoms with van der Waals surface area (Å²) in [5, 5.41) is 3.75. The first kappa shape index (κ1) is 19.8. The van der Waals surface area contributed by atoms with Crippen LogP contribution in [0.5, 0.6) is 0 Å². The molecule has 158 valence electrons. The van der Waals surface area contributed by atoms with Crippen molar-refractivity contribution in [1.82, 2.24) is 4.31 Å². The molecule has 1 fully saturated rings. The van der Waals surface area contributed by atoms with E-state index < -0.39 is 10.0 Å². The zero-order valence-electron chi connectivity index (χ0n) is 17.5. The second kappa shape index (κ2) is 7.86.